The summed E-state index contributed by atoms with van der Waals surface area (Å²) in [5.74, 6) is -0.918. The number of hydrogen-bond acceptors (Lipinski definition) is 6. The zero-order chi connectivity index (χ0) is 23.6. The van der Waals surface area contributed by atoms with Crippen molar-refractivity contribution in [3.8, 4) is 12.3 Å². The zero-order valence-electron chi connectivity index (χ0n) is 18.4. The number of halogens is 1. The Hall–Kier alpha value is -3.02. The van der Waals surface area contributed by atoms with E-state index in [0.717, 1.165) is 11.1 Å². The summed E-state index contributed by atoms with van der Waals surface area (Å²) in [6, 6.07) is 5.39. The van der Waals surface area contributed by atoms with Gasteiger partial charge in [-0.1, -0.05) is 30.7 Å². The number of ketones is 1. The Morgan fingerprint density at radius 2 is 2.12 bits per heavy atom. The van der Waals surface area contributed by atoms with Gasteiger partial charge in [0, 0.05) is 31.1 Å². The molecule has 0 aromatic heterocycles. The summed E-state index contributed by atoms with van der Waals surface area (Å²) in [5.41, 5.74) is 1.56. The fourth-order valence-electron chi connectivity index (χ4n) is 3.75. The number of likely N-dealkylation sites (N-methyl/N-ethyl adjacent to an activating group) is 1. The van der Waals surface area contributed by atoms with Crippen LogP contribution in [-0.2, 0) is 20.9 Å². The molecule has 3 rings (SSSR count). The quantitative estimate of drug-likeness (QED) is 0.499. The highest BCUT2D eigenvalue weighted by molar-refractivity contribution is 6.31. The number of Topliss-reactive ketones (excluding diaryl/α,β-unsaturated/α-hetero) is 1. The predicted molar refractivity (Wildman–Crippen MR) is 120 cm³/mol. The van der Waals surface area contributed by atoms with Gasteiger partial charge < -0.3 is 15.3 Å². The van der Waals surface area contributed by atoms with Crippen LogP contribution in [0.4, 0.5) is 0 Å². The second-order valence-electron chi connectivity index (χ2n) is 8.17. The normalized spacial score (nSPS) is 20.2. The molecule has 2 heterocycles. The van der Waals surface area contributed by atoms with Crippen molar-refractivity contribution in [2.75, 3.05) is 26.8 Å². The first-order valence-corrected chi connectivity index (χ1v) is 10.8. The number of rotatable bonds is 6. The second kappa shape index (κ2) is 9.63. The molecule has 2 atom stereocenters. The lowest BCUT2D eigenvalue weighted by atomic mass is 9.95. The predicted octanol–water partition coefficient (Wildman–Crippen LogP) is 1.84. The van der Waals surface area contributed by atoms with Gasteiger partial charge in [-0.05, 0) is 30.5 Å². The van der Waals surface area contributed by atoms with Crippen LogP contribution >= 0.6 is 11.6 Å². The van der Waals surface area contributed by atoms with Gasteiger partial charge in [-0.25, -0.2) is 5.01 Å². The van der Waals surface area contributed by atoms with Crippen LogP contribution < -0.4 is 5.32 Å². The maximum absolute atomic E-state index is 12.9. The third-order valence-electron chi connectivity index (χ3n) is 5.91. The van der Waals surface area contributed by atoms with Crippen LogP contribution in [0.5, 0.6) is 0 Å². The van der Waals surface area contributed by atoms with Gasteiger partial charge in [-0.2, -0.15) is 0 Å². The Morgan fingerprint density at radius 1 is 1.41 bits per heavy atom. The van der Waals surface area contributed by atoms with Gasteiger partial charge >= 0.3 is 0 Å². The first kappa shape index (κ1) is 23.6. The minimum atomic E-state index is -1.15. The van der Waals surface area contributed by atoms with E-state index in [9.17, 15) is 19.5 Å². The van der Waals surface area contributed by atoms with Gasteiger partial charge in [-0.3, -0.25) is 19.4 Å². The summed E-state index contributed by atoms with van der Waals surface area (Å²) in [4.78, 5) is 39.8. The molecule has 0 radical (unpaired) electrons. The summed E-state index contributed by atoms with van der Waals surface area (Å²) < 4.78 is 0. The van der Waals surface area contributed by atoms with Crippen LogP contribution in [0.3, 0.4) is 0 Å². The van der Waals surface area contributed by atoms with Crippen molar-refractivity contribution in [1.29, 1.82) is 0 Å². The molecule has 0 spiro atoms. The SMILES string of the molecule is C#C[C@@H](C)CCN1CN(C)C(=O)C2=C(O)C(=O)C(C(=O)NCc3cccc(Cl)c3C)CN21. The van der Waals surface area contributed by atoms with Crippen LogP contribution in [0.25, 0.3) is 0 Å². The molecule has 1 saturated heterocycles. The minimum Gasteiger partial charge on any atom is -0.503 e. The Kier molecular flexibility index (Phi) is 7.12. The lowest BCUT2D eigenvalue weighted by Crippen LogP contribution is -2.62. The second-order valence-corrected chi connectivity index (χ2v) is 8.58. The molecule has 0 aliphatic carbocycles. The van der Waals surface area contributed by atoms with Crippen molar-refractivity contribution >= 4 is 29.2 Å². The number of benzene rings is 1. The molecule has 1 aromatic rings. The highest BCUT2D eigenvalue weighted by atomic mass is 35.5. The number of allylic oxidation sites excluding steroid dienone is 1. The average Bonchev–Trinajstić information content (AvgIpc) is 2.77. The Morgan fingerprint density at radius 3 is 2.81 bits per heavy atom. The molecule has 2 amide bonds. The fourth-order valence-corrected chi connectivity index (χ4v) is 3.95. The van der Waals surface area contributed by atoms with Crippen LogP contribution in [0.1, 0.15) is 24.5 Å². The third-order valence-corrected chi connectivity index (χ3v) is 6.32. The number of aliphatic hydroxyl groups excluding tert-OH is 1. The Balaban J connectivity index is 1.80. The number of amides is 2. The summed E-state index contributed by atoms with van der Waals surface area (Å²) in [6.45, 7) is 4.68. The van der Waals surface area contributed by atoms with Crippen LogP contribution in [0.2, 0.25) is 5.02 Å². The average molecular weight is 459 g/mol. The van der Waals surface area contributed by atoms with Crippen LogP contribution in [0.15, 0.2) is 29.7 Å². The van der Waals surface area contributed by atoms with Crippen molar-refractivity contribution in [3.63, 3.8) is 0 Å². The van der Waals surface area contributed by atoms with E-state index in [4.69, 9.17) is 18.0 Å². The highest BCUT2D eigenvalue weighted by Crippen LogP contribution is 2.29. The molecular weight excluding hydrogens is 432 g/mol. The monoisotopic (exact) mass is 458 g/mol. The lowest BCUT2D eigenvalue weighted by Gasteiger charge is -2.47. The summed E-state index contributed by atoms with van der Waals surface area (Å²) >= 11 is 6.13. The molecule has 1 unspecified atom stereocenters. The largest absolute Gasteiger partial charge is 0.503 e. The number of carbonyl (C=O) groups is 3. The standard InChI is InChI=1S/C23H27ClN4O4/c1-5-14(2)9-10-27-13-26(4)23(32)19-21(30)20(29)17(12-28(19)27)22(31)25-11-16-7-6-8-18(24)15(16)3/h1,6-8,14,17,30H,9-13H2,2-4H3,(H,25,31)/t14-,17?/m1/s1. The first-order valence-electron chi connectivity index (χ1n) is 10.4. The van der Waals surface area contributed by atoms with E-state index in [-0.39, 0.29) is 31.4 Å². The number of nitrogens with one attached hydrogen (secondary N) is 1. The fraction of sp³-hybridized carbons (Fsp3) is 0.435. The summed E-state index contributed by atoms with van der Waals surface area (Å²) in [5, 5.41) is 17.3. The molecule has 1 aromatic carbocycles. The van der Waals surface area contributed by atoms with Crippen molar-refractivity contribution in [2.45, 2.75) is 26.8 Å². The van der Waals surface area contributed by atoms with E-state index in [1.807, 2.05) is 24.9 Å². The van der Waals surface area contributed by atoms with Crippen molar-refractivity contribution in [1.82, 2.24) is 20.2 Å². The zero-order valence-corrected chi connectivity index (χ0v) is 19.1. The van der Waals surface area contributed by atoms with Gasteiger partial charge in [0.2, 0.25) is 11.7 Å². The van der Waals surface area contributed by atoms with Crippen molar-refractivity contribution in [2.24, 2.45) is 11.8 Å². The van der Waals surface area contributed by atoms with Gasteiger partial charge in [0.1, 0.15) is 5.92 Å². The van der Waals surface area contributed by atoms with Crippen molar-refractivity contribution in [3.05, 3.63) is 45.8 Å². The third kappa shape index (κ3) is 4.59. The topological polar surface area (TPSA) is 93.2 Å². The molecule has 2 N–H and O–H groups in total. The van der Waals surface area contributed by atoms with Gasteiger partial charge in [-0.15, -0.1) is 12.3 Å². The Labute approximate surface area is 192 Å². The Bertz CT molecular complexity index is 1020. The molecule has 32 heavy (non-hydrogen) atoms. The number of nitrogens with zero attached hydrogens (tertiary/aromatic N) is 3. The molecule has 1 fully saturated rings. The molecular formula is C23H27ClN4O4. The smallest absolute Gasteiger partial charge is 0.276 e. The van der Waals surface area contributed by atoms with E-state index in [1.165, 1.54) is 9.91 Å². The number of hydrazine groups is 1. The maximum atomic E-state index is 12.9. The number of fused-ring (bicyclic) bond motifs is 1. The maximum Gasteiger partial charge on any atom is 0.276 e. The molecule has 0 saturated carbocycles. The number of terminal acetylenes is 1. The molecule has 2 aliphatic heterocycles. The van der Waals surface area contributed by atoms with Crippen molar-refractivity contribution < 1.29 is 19.5 Å². The molecule has 170 valence electrons. The minimum absolute atomic E-state index is 0.0189. The van der Waals surface area contributed by atoms with E-state index in [1.54, 1.807) is 19.2 Å². The van der Waals surface area contributed by atoms with E-state index < -0.39 is 29.3 Å². The highest BCUT2D eigenvalue weighted by Gasteiger charge is 2.46. The van der Waals surface area contributed by atoms with Crippen LogP contribution in [0, 0.1) is 31.1 Å². The first-order chi connectivity index (χ1) is 15.1. The van der Waals surface area contributed by atoms with E-state index in [0.29, 0.717) is 18.0 Å². The number of carbonyl (C=O) groups excluding carboxylic acids is 3. The summed E-state index contributed by atoms with van der Waals surface area (Å²) in [7, 11) is 1.59. The molecule has 8 nitrogen and oxygen atoms in total. The molecule has 0 bridgehead atoms. The van der Waals surface area contributed by atoms with Gasteiger partial charge in [0.05, 0.1) is 13.2 Å². The number of hydrogen-bond donors (Lipinski definition) is 2. The number of aliphatic hydroxyl groups is 1. The lowest BCUT2D eigenvalue weighted by molar-refractivity contribution is -0.158. The molecule has 9 heteroatoms. The van der Waals surface area contributed by atoms with Crippen LogP contribution in [-0.4, -0.2) is 64.4 Å². The van der Waals surface area contributed by atoms with Gasteiger partial charge in [0.15, 0.2) is 11.5 Å². The summed E-state index contributed by atoms with van der Waals surface area (Å²) in [6.07, 6.45) is 6.12. The molecule has 2 aliphatic rings. The van der Waals surface area contributed by atoms with Gasteiger partial charge in [0.25, 0.3) is 5.91 Å². The van der Waals surface area contributed by atoms with E-state index in [2.05, 4.69) is 11.2 Å². The van der Waals surface area contributed by atoms with E-state index >= 15 is 0 Å².